The summed E-state index contributed by atoms with van der Waals surface area (Å²) in [7, 11) is 0. The van der Waals surface area contributed by atoms with Crippen LogP contribution in [0.2, 0.25) is 0 Å². The predicted octanol–water partition coefficient (Wildman–Crippen LogP) is 4.74. The van der Waals surface area contributed by atoms with E-state index in [-0.39, 0.29) is 48.1 Å². The van der Waals surface area contributed by atoms with E-state index in [4.69, 9.17) is 5.73 Å². The molecule has 15 heteroatoms. The summed E-state index contributed by atoms with van der Waals surface area (Å²) in [6.45, 7) is 7.20. The summed E-state index contributed by atoms with van der Waals surface area (Å²) in [5.74, 6) is -9.85. The molecule has 1 aromatic carbocycles. The maximum absolute atomic E-state index is 15.8. The Morgan fingerprint density at radius 3 is 2.37 bits per heavy atom. The Bertz CT molecular complexity index is 1830. The first-order chi connectivity index (χ1) is 20.2. The van der Waals surface area contributed by atoms with E-state index in [1.807, 2.05) is 13.8 Å². The standard InChI is InChI=1S/C28H26F5N7O3/c1-11(2)22-24(12(3)5-6-35-22)40-26-14(25(37-27(40)41)39-8-7-38(28(42)43)10-13(39)4)9-15(29)23(36-26)16-17(30)18(31)19(32)20(33)21(16)34/h5-6,9,11,13H,7-8,10,34H2,1-4H3,(H,42,43)/t13-/m0/s1. The molecule has 0 saturated carbocycles. The van der Waals surface area contributed by atoms with Gasteiger partial charge in [-0.25, -0.2) is 41.1 Å². The maximum atomic E-state index is 15.8. The third-order valence-electron chi connectivity index (χ3n) is 7.44. The number of anilines is 2. The SMILES string of the molecule is Cc1ccnc(C(C)C)c1-n1c(=O)nc(N2CCN(C(=O)O)C[C@@H]2C)c2cc(F)c(-c3c(N)c(F)c(F)c(F)c3F)nc21. The Labute approximate surface area is 241 Å². The third kappa shape index (κ3) is 4.77. The Morgan fingerprint density at radius 2 is 1.74 bits per heavy atom. The van der Waals surface area contributed by atoms with Crippen LogP contribution in [0.3, 0.4) is 0 Å². The van der Waals surface area contributed by atoms with Crippen LogP contribution >= 0.6 is 0 Å². The van der Waals surface area contributed by atoms with Crippen LogP contribution in [0.5, 0.6) is 0 Å². The predicted molar refractivity (Wildman–Crippen MR) is 148 cm³/mol. The van der Waals surface area contributed by atoms with Gasteiger partial charge in [0.2, 0.25) is 0 Å². The Hall–Kier alpha value is -4.82. The van der Waals surface area contributed by atoms with Crippen molar-refractivity contribution in [1.29, 1.82) is 0 Å². The first kappa shape index (κ1) is 29.7. The molecule has 4 aromatic rings. The quantitative estimate of drug-likeness (QED) is 0.148. The number of amides is 1. The van der Waals surface area contributed by atoms with E-state index in [0.29, 0.717) is 11.3 Å². The van der Waals surface area contributed by atoms with Crippen molar-refractivity contribution in [2.75, 3.05) is 30.3 Å². The zero-order valence-corrected chi connectivity index (χ0v) is 23.4. The number of pyridine rings is 2. The van der Waals surface area contributed by atoms with Crippen LogP contribution in [-0.4, -0.2) is 61.3 Å². The van der Waals surface area contributed by atoms with Gasteiger partial charge in [0.25, 0.3) is 0 Å². The van der Waals surface area contributed by atoms with Crippen LogP contribution in [0.25, 0.3) is 28.0 Å². The molecule has 1 atom stereocenters. The number of benzene rings is 1. The van der Waals surface area contributed by atoms with Gasteiger partial charge in [-0.3, -0.25) is 4.98 Å². The molecule has 4 heterocycles. The normalized spacial score (nSPS) is 15.5. The van der Waals surface area contributed by atoms with Gasteiger partial charge in [0.15, 0.2) is 34.7 Å². The lowest BCUT2D eigenvalue weighted by molar-refractivity contribution is 0.136. The average molecular weight is 604 g/mol. The topological polar surface area (TPSA) is 130 Å². The number of piperazine rings is 1. The lowest BCUT2D eigenvalue weighted by Gasteiger charge is -2.39. The van der Waals surface area contributed by atoms with Crippen molar-refractivity contribution >= 4 is 28.6 Å². The molecule has 0 unspecified atom stereocenters. The fraction of sp³-hybridized carbons (Fsp3) is 0.321. The molecule has 1 amide bonds. The van der Waals surface area contributed by atoms with Crippen LogP contribution in [0.15, 0.2) is 23.1 Å². The molecule has 0 radical (unpaired) electrons. The molecule has 1 aliphatic rings. The number of rotatable bonds is 4. The van der Waals surface area contributed by atoms with Crippen molar-refractivity contribution in [2.24, 2.45) is 0 Å². The van der Waals surface area contributed by atoms with E-state index < -0.39 is 63.9 Å². The summed E-state index contributed by atoms with van der Waals surface area (Å²) in [5, 5.41) is 9.37. The van der Waals surface area contributed by atoms with Crippen LogP contribution < -0.4 is 16.3 Å². The second kappa shape index (κ2) is 10.8. The Balaban J connectivity index is 1.89. The molecule has 1 aliphatic heterocycles. The number of fused-ring (bicyclic) bond motifs is 1. The summed E-state index contributed by atoms with van der Waals surface area (Å²) in [4.78, 5) is 41.0. The Kier molecular flexibility index (Phi) is 7.44. The Morgan fingerprint density at radius 1 is 1.07 bits per heavy atom. The van der Waals surface area contributed by atoms with Crippen molar-refractivity contribution in [3.8, 4) is 16.9 Å². The number of hydrogen-bond acceptors (Lipinski definition) is 7. The second-order valence-corrected chi connectivity index (χ2v) is 10.6. The molecular formula is C28H26F5N7O3. The van der Waals surface area contributed by atoms with Gasteiger partial charge in [-0.15, -0.1) is 0 Å². The number of carboxylic acid groups (broad SMARTS) is 1. The highest BCUT2D eigenvalue weighted by atomic mass is 19.2. The van der Waals surface area contributed by atoms with Crippen LogP contribution in [0.4, 0.5) is 38.3 Å². The zero-order chi connectivity index (χ0) is 31.5. The summed E-state index contributed by atoms with van der Waals surface area (Å²) >= 11 is 0. The van der Waals surface area contributed by atoms with Gasteiger partial charge in [-0.05, 0) is 37.5 Å². The van der Waals surface area contributed by atoms with Crippen molar-refractivity contribution in [3.63, 3.8) is 0 Å². The molecule has 0 aliphatic carbocycles. The van der Waals surface area contributed by atoms with Crippen molar-refractivity contribution in [2.45, 2.75) is 39.7 Å². The van der Waals surface area contributed by atoms with E-state index in [9.17, 15) is 27.9 Å². The minimum Gasteiger partial charge on any atom is -0.465 e. The zero-order valence-electron chi connectivity index (χ0n) is 23.4. The molecule has 10 nitrogen and oxygen atoms in total. The molecule has 1 fully saturated rings. The number of carbonyl (C=O) groups is 1. The van der Waals surface area contributed by atoms with Gasteiger partial charge in [0.1, 0.15) is 11.5 Å². The maximum Gasteiger partial charge on any atom is 0.407 e. The molecule has 43 heavy (non-hydrogen) atoms. The second-order valence-electron chi connectivity index (χ2n) is 10.6. The first-order valence-electron chi connectivity index (χ1n) is 13.2. The number of aromatic nitrogens is 4. The third-order valence-corrected chi connectivity index (χ3v) is 7.44. The van der Waals surface area contributed by atoms with E-state index in [2.05, 4.69) is 15.0 Å². The summed E-state index contributed by atoms with van der Waals surface area (Å²) in [5.41, 5.74) is 2.32. The number of halogens is 5. The van der Waals surface area contributed by atoms with Gasteiger partial charge >= 0.3 is 11.8 Å². The lowest BCUT2D eigenvalue weighted by Crippen LogP contribution is -2.54. The molecule has 0 spiro atoms. The summed E-state index contributed by atoms with van der Waals surface area (Å²) in [6.07, 6.45) is 0.398. The minimum absolute atomic E-state index is 0.0377. The van der Waals surface area contributed by atoms with Gasteiger partial charge in [-0.1, -0.05) is 13.8 Å². The fourth-order valence-corrected chi connectivity index (χ4v) is 5.31. The number of nitrogen functional groups attached to an aromatic ring is 1. The largest absolute Gasteiger partial charge is 0.465 e. The lowest BCUT2D eigenvalue weighted by atomic mass is 10.0. The van der Waals surface area contributed by atoms with Crippen molar-refractivity contribution < 1.29 is 31.9 Å². The molecule has 3 N–H and O–H groups in total. The van der Waals surface area contributed by atoms with E-state index >= 15 is 8.78 Å². The van der Waals surface area contributed by atoms with Gasteiger partial charge < -0.3 is 20.6 Å². The van der Waals surface area contributed by atoms with E-state index in [0.717, 1.165) is 10.6 Å². The number of nitrogens with two attached hydrogens (primary N) is 1. The molecular weight excluding hydrogens is 577 g/mol. The first-order valence-corrected chi connectivity index (χ1v) is 13.2. The van der Waals surface area contributed by atoms with E-state index in [1.165, 1.54) is 11.1 Å². The number of hydrogen-bond donors (Lipinski definition) is 2. The summed E-state index contributed by atoms with van der Waals surface area (Å²) < 4.78 is 74.5. The molecule has 3 aromatic heterocycles. The van der Waals surface area contributed by atoms with Crippen LogP contribution in [0.1, 0.15) is 37.9 Å². The average Bonchev–Trinajstić information content (AvgIpc) is 2.95. The summed E-state index contributed by atoms with van der Waals surface area (Å²) in [6, 6.07) is 1.97. The minimum atomic E-state index is -2.22. The van der Waals surface area contributed by atoms with Crippen LogP contribution in [-0.2, 0) is 0 Å². The smallest absolute Gasteiger partial charge is 0.407 e. The number of nitrogens with zero attached hydrogens (tertiary/aromatic N) is 6. The highest BCUT2D eigenvalue weighted by Crippen LogP contribution is 2.38. The monoisotopic (exact) mass is 603 g/mol. The van der Waals surface area contributed by atoms with Crippen molar-refractivity contribution in [3.05, 3.63) is 69.2 Å². The molecule has 226 valence electrons. The molecule has 5 rings (SSSR count). The van der Waals surface area contributed by atoms with Gasteiger partial charge in [0.05, 0.1) is 28.0 Å². The fourth-order valence-electron chi connectivity index (χ4n) is 5.31. The molecule has 1 saturated heterocycles. The van der Waals surface area contributed by atoms with Gasteiger partial charge in [0, 0.05) is 31.9 Å². The number of aryl methyl sites for hydroxylation is 1. The van der Waals surface area contributed by atoms with Crippen LogP contribution in [0, 0.1) is 36.0 Å². The van der Waals surface area contributed by atoms with E-state index in [1.54, 1.807) is 24.8 Å². The highest BCUT2D eigenvalue weighted by Gasteiger charge is 2.32. The molecule has 0 bridgehead atoms. The highest BCUT2D eigenvalue weighted by molar-refractivity contribution is 5.91. The van der Waals surface area contributed by atoms with Gasteiger partial charge in [-0.2, -0.15) is 4.98 Å². The van der Waals surface area contributed by atoms with Crippen molar-refractivity contribution in [1.82, 2.24) is 24.4 Å².